The normalized spacial score (nSPS) is 14.5. The highest BCUT2D eigenvalue weighted by atomic mass is 16.5. The number of ether oxygens (including phenoxy) is 1. The molecule has 1 aromatic carbocycles. The average Bonchev–Trinajstić information content (AvgIpc) is 3.25. The van der Waals surface area contributed by atoms with Crippen LogP contribution < -0.4 is 0 Å². The maximum atomic E-state index is 13.4. The number of benzene rings is 1. The van der Waals surface area contributed by atoms with Gasteiger partial charge in [-0.1, -0.05) is 0 Å². The Hall–Kier alpha value is -3.03. The Morgan fingerprint density at radius 1 is 1.03 bits per heavy atom. The van der Waals surface area contributed by atoms with Crippen molar-refractivity contribution in [3.05, 3.63) is 77.9 Å². The fourth-order valence-electron chi connectivity index (χ4n) is 3.84. The number of carbonyl (C=O) groups excluding carboxylic acids is 1. The Balaban J connectivity index is 1.45. The molecule has 3 aromatic rings. The van der Waals surface area contributed by atoms with E-state index in [1.807, 2.05) is 59.0 Å². The first-order valence-electron chi connectivity index (χ1n) is 10.8. The van der Waals surface area contributed by atoms with Crippen LogP contribution in [-0.2, 0) is 11.3 Å². The van der Waals surface area contributed by atoms with Crippen LogP contribution in [0.15, 0.2) is 61.1 Å². The molecule has 4 rings (SSSR count). The van der Waals surface area contributed by atoms with Crippen LogP contribution in [0.5, 0.6) is 0 Å². The zero-order valence-corrected chi connectivity index (χ0v) is 18.0. The van der Waals surface area contributed by atoms with Crippen molar-refractivity contribution < 1.29 is 9.53 Å². The molecule has 1 amide bonds. The summed E-state index contributed by atoms with van der Waals surface area (Å²) in [7, 11) is 0. The topological polar surface area (TPSA) is 63.5 Å². The molecular weight excluding hydrogens is 390 g/mol. The van der Waals surface area contributed by atoms with E-state index in [0.717, 1.165) is 56.2 Å². The van der Waals surface area contributed by atoms with Gasteiger partial charge in [0, 0.05) is 62.6 Å². The number of rotatable bonds is 8. The first-order chi connectivity index (χ1) is 15.2. The molecule has 0 spiro atoms. The van der Waals surface area contributed by atoms with Crippen molar-refractivity contribution in [1.29, 1.82) is 0 Å². The zero-order valence-electron chi connectivity index (χ0n) is 18.0. The van der Waals surface area contributed by atoms with Gasteiger partial charge in [0.15, 0.2) is 0 Å². The Kier molecular flexibility index (Phi) is 7.07. The number of morpholine rings is 1. The Morgan fingerprint density at radius 2 is 1.77 bits per heavy atom. The molecule has 1 saturated heterocycles. The number of aryl methyl sites for hydroxylation is 1. The van der Waals surface area contributed by atoms with Crippen LogP contribution in [0.25, 0.3) is 5.69 Å². The standard InChI is InChI=1S/C24H29N5O2/c1-20-7-12-26-29(20)23-5-3-22(4-6-23)24(30)28(19-21-8-10-25-11-9-21)14-2-13-27-15-17-31-18-16-27/h3-12H,2,13-19H2,1H3. The second-order valence-electron chi connectivity index (χ2n) is 7.82. The number of carbonyl (C=O) groups is 1. The van der Waals surface area contributed by atoms with E-state index in [-0.39, 0.29) is 5.91 Å². The molecule has 0 bridgehead atoms. The summed E-state index contributed by atoms with van der Waals surface area (Å²) < 4.78 is 7.29. The number of hydrogen-bond acceptors (Lipinski definition) is 5. The van der Waals surface area contributed by atoms with Crippen LogP contribution in [-0.4, -0.2) is 69.9 Å². The number of amides is 1. The van der Waals surface area contributed by atoms with Gasteiger partial charge in [-0.2, -0.15) is 5.10 Å². The van der Waals surface area contributed by atoms with Gasteiger partial charge in [0.25, 0.3) is 5.91 Å². The van der Waals surface area contributed by atoms with Gasteiger partial charge in [0.1, 0.15) is 0 Å². The molecule has 1 aliphatic heterocycles. The highest BCUT2D eigenvalue weighted by Crippen LogP contribution is 2.15. The van der Waals surface area contributed by atoms with Gasteiger partial charge in [-0.3, -0.25) is 14.7 Å². The van der Waals surface area contributed by atoms with Crippen molar-refractivity contribution in [2.24, 2.45) is 0 Å². The third kappa shape index (κ3) is 5.57. The van der Waals surface area contributed by atoms with Gasteiger partial charge in [0.2, 0.25) is 0 Å². The van der Waals surface area contributed by atoms with Gasteiger partial charge in [-0.15, -0.1) is 0 Å². The second kappa shape index (κ2) is 10.3. The quantitative estimate of drug-likeness (QED) is 0.562. The van der Waals surface area contributed by atoms with Crippen LogP contribution in [0.4, 0.5) is 0 Å². The molecule has 31 heavy (non-hydrogen) atoms. The Labute approximate surface area is 183 Å². The van der Waals surface area contributed by atoms with Crippen LogP contribution in [0.1, 0.15) is 28.0 Å². The van der Waals surface area contributed by atoms with Crippen molar-refractivity contribution in [3.8, 4) is 5.69 Å². The average molecular weight is 420 g/mol. The molecule has 0 N–H and O–H groups in total. The molecule has 0 unspecified atom stereocenters. The van der Waals surface area contributed by atoms with E-state index in [0.29, 0.717) is 18.7 Å². The first kappa shape index (κ1) is 21.2. The van der Waals surface area contributed by atoms with Gasteiger partial charge >= 0.3 is 0 Å². The minimum absolute atomic E-state index is 0.0440. The van der Waals surface area contributed by atoms with Crippen molar-refractivity contribution in [2.75, 3.05) is 39.4 Å². The van der Waals surface area contributed by atoms with E-state index in [1.165, 1.54) is 0 Å². The molecule has 0 saturated carbocycles. The first-order valence-corrected chi connectivity index (χ1v) is 10.8. The number of pyridine rings is 1. The van der Waals surface area contributed by atoms with Crippen LogP contribution in [0, 0.1) is 6.92 Å². The third-order valence-electron chi connectivity index (χ3n) is 5.61. The molecule has 7 nitrogen and oxygen atoms in total. The lowest BCUT2D eigenvalue weighted by atomic mass is 10.1. The van der Waals surface area contributed by atoms with Crippen molar-refractivity contribution >= 4 is 5.91 Å². The molecule has 2 aromatic heterocycles. The largest absolute Gasteiger partial charge is 0.379 e. The fourth-order valence-corrected chi connectivity index (χ4v) is 3.84. The third-order valence-corrected chi connectivity index (χ3v) is 5.61. The highest BCUT2D eigenvalue weighted by Gasteiger charge is 2.18. The molecular formula is C24H29N5O2. The molecule has 7 heteroatoms. The molecule has 162 valence electrons. The molecule has 0 radical (unpaired) electrons. The van der Waals surface area contributed by atoms with Crippen molar-refractivity contribution in [3.63, 3.8) is 0 Å². The van der Waals surface area contributed by atoms with E-state index >= 15 is 0 Å². The van der Waals surface area contributed by atoms with E-state index in [1.54, 1.807) is 18.6 Å². The lowest BCUT2D eigenvalue weighted by molar-refractivity contribution is 0.0355. The SMILES string of the molecule is Cc1ccnn1-c1ccc(C(=O)N(CCCN2CCOCC2)Cc2ccncc2)cc1. The van der Waals surface area contributed by atoms with Gasteiger partial charge < -0.3 is 9.64 Å². The van der Waals surface area contributed by atoms with Gasteiger partial charge in [0.05, 0.1) is 18.9 Å². The van der Waals surface area contributed by atoms with E-state index in [2.05, 4.69) is 15.0 Å². The second-order valence-corrected chi connectivity index (χ2v) is 7.82. The summed E-state index contributed by atoms with van der Waals surface area (Å²) in [6.45, 7) is 7.78. The summed E-state index contributed by atoms with van der Waals surface area (Å²) in [5.74, 6) is 0.0440. The van der Waals surface area contributed by atoms with E-state index < -0.39 is 0 Å². The van der Waals surface area contributed by atoms with Crippen LogP contribution in [0.2, 0.25) is 0 Å². The minimum atomic E-state index is 0.0440. The molecule has 0 aliphatic carbocycles. The zero-order chi connectivity index (χ0) is 21.5. The molecule has 1 fully saturated rings. The summed E-state index contributed by atoms with van der Waals surface area (Å²) in [5.41, 5.74) is 3.78. The predicted molar refractivity (Wildman–Crippen MR) is 119 cm³/mol. The molecule has 3 heterocycles. The smallest absolute Gasteiger partial charge is 0.254 e. The lowest BCUT2D eigenvalue weighted by Gasteiger charge is -2.28. The number of nitrogens with zero attached hydrogens (tertiary/aromatic N) is 5. The van der Waals surface area contributed by atoms with Crippen LogP contribution >= 0.6 is 0 Å². The maximum absolute atomic E-state index is 13.4. The molecule has 0 atom stereocenters. The van der Waals surface area contributed by atoms with Crippen molar-refractivity contribution in [2.45, 2.75) is 19.9 Å². The number of hydrogen-bond donors (Lipinski definition) is 0. The Bertz CT molecular complexity index is 965. The minimum Gasteiger partial charge on any atom is -0.379 e. The van der Waals surface area contributed by atoms with Crippen LogP contribution in [0.3, 0.4) is 0 Å². The molecule has 1 aliphatic rings. The number of aromatic nitrogens is 3. The van der Waals surface area contributed by atoms with E-state index in [9.17, 15) is 4.79 Å². The predicted octanol–water partition coefficient (Wildman–Crippen LogP) is 2.94. The fraction of sp³-hybridized carbons (Fsp3) is 0.375. The lowest BCUT2D eigenvalue weighted by Crippen LogP contribution is -2.39. The Morgan fingerprint density at radius 3 is 2.45 bits per heavy atom. The van der Waals surface area contributed by atoms with Crippen molar-refractivity contribution in [1.82, 2.24) is 24.6 Å². The van der Waals surface area contributed by atoms with Gasteiger partial charge in [-0.25, -0.2) is 4.68 Å². The van der Waals surface area contributed by atoms with Gasteiger partial charge in [-0.05, 0) is 61.4 Å². The monoisotopic (exact) mass is 419 g/mol. The summed E-state index contributed by atoms with van der Waals surface area (Å²) in [6, 6.07) is 13.6. The summed E-state index contributed by atoms with van der Waals surface area (Å²) in [6.07, 6.45) is 6.25. The highest BCUT2D eigenvalue weighted by molar-refractivity contribution is 5.94. The summed E-state index contributed by atoms with van der Waals surface area (Å²) >= 11 is 0. The summed E-state index contributed by atoms with van der Waals surface area (Å²) in [4.78, 5) is 21.8. The van der Waals surface area contributed by atoms with E-state index in [4.69, 9.17) is 4.74 Å². The maximum Gasteiger partial charge on any atom is 0.254 e. The summed E-state index contributed by atoms with van der Waals surface area (Å²) in [5, 5.41) is 4.34.